The Morgan fingerprint density at radius 3 is 2.43 bits per heavy atom. The Morgan fingerprint density at radius 2 is 1.74 bits per heavy atom. The molecule has 0 aliphatic rings. The van der Waals surface area contributed by atoms with Crippen LogP contribution in [-0.2, 0) is 16.1 Å². The van der Waals surface area contributed by atoms with Crippen molar-refractivity contribution in [1.29, 1.82) is 0 Å². The van der Waals surface area contributed by atoms with Crippen LogP contribution in [0.3, 0.4) is 0 Å². The van der Waals surface area contributed by atoms with Gasteiger partial charge in [-0.05, 0) is 52.3 Å². The zero-order valence-electron chi connectivity index (χ0n) is 14.6. The zero-order valence-corrected chi connectivity index (χ0v) is 14.6. The Balaban J connectivity index is 1.86. The third-order valence-corrected chi connectivity index (χ3v) is 2.95. The van der Waals surface area contributed by atoms with Crippen LogP contribution in [0.2, 0.25) is 0 Å². The molecule has 0 spiro atoms. The average molecular weight is 322 g/mol. The van der Waals surface area contributed by atoms with Crippen molar-refractivity contribution in [2.75, 3.05) is 26.2 Å². The fourth-order valence-electron chi connectivity index (χ4n) is 1.91. The van der Waals surface area contributed by atoms with Crippen molar-refractivity contribution in [2.24, 2.45) is 0 Å². The smallest absolute Gasteiger partial charge is 0.407 e. The molecule has 0 unspecified atom stereocenters. The first kappa shape index (κ1) is 19.5. The monoisotopic (exact) mass is 322 g/mol. The van der Waals surface area contributed by atoms with Crippen LogP contribution in [0.5, 0.6) is 0 Å². The second kappa shape index (κ2) is 11.0. The van der Waals surface area contributed by atoms with Gasteiger partial charge in [0.05, 0.1) is 6.61 Å². The van der Waals surface area contributed by atoms with E-state index in [0.29, 0.717) is 13.2 Å². The topological polar surface area (TPSA) is 59.6 Å². The number of ether oxygens (including phenoxy) is 2. The van der Waals surface area contributed by atoms with E-state index in [0.717, 1.165) is 32.5 Å². The first-order chi connectivity index (χ1) is 11.0. The third-order valence-electron chi connectivity index (χ3n) is 2.95. The molecule has 0 atom stereocenters. The van der Waals surface area contributed by atoms with Gasteiger partial charge in [0.15, 0.2) is 0 Å². The minimum Gasteiger partial charge on any atom is -0.444 e. The van der Waals surface area contributed by atoms with E-state index in [1.165, 1.54) is 5.56 Å². The molecule has 1 rings (SSSR count). The van der Waals surface area contributed by atoms with Crippen molar-refractivity contribution in [2.45, 2.75) is 45.8 Å². The van der Waals surface area contributed by atoms with Gasteiger partial charge in [0.2, 0.25) is 0 Å². The van der Waals surface area contributed by atoms with E-state index in [1.54, 1.807) is 0 Å². The molecule has 23 heavy (non-hydrogen) atoms. The number of hydrogen-bond acceptors (Lipinski definition) is 4. The third kappa shape index (κ3) is 11.6. The molecule has 0 aliphatic heterocycles. The van der Waals surface area contributed by atoms with Crippen LogP contribution in [0.1, 0.15) is 39.2 Å². The molecule has 0 fully saturated rings. The standard InChI is InChI=1S/C18H30N2O3/c1-18(2,3)23-17(21)20-13-7-11-19-12-8-14-22-15-16-9-5-4-6-10-16/h4-6,9-10,19H,7-8,11-15H2,1-3H3,(H,20,21). The number of alkyl carbamates (subject to hydrolysis) is 1. The van der Waals surface area contributed by atoms with E-state index < -0.39 is 5.60 Å². The first-order valence-electron chi connectivity index (χ1n) is 8.26. The molecule has 130 valence electrons. The number of rotatable bonds is 10. The summed E-state index contributed by atoms with van der Waals surface area (Å²) in [6.07, 6.45) is 1.50. The molecule has 1 aromatic carbocycles. The van der Waals surface area contributed by atoms with Crippen LogP contribution in [0, 0.1) is 0 Å². The quantitative estimate of drug-likeness (QED) is 0.650. The van der Waals surface area contributed by atoms with E-state index >= 15 is 0 Å². The predicted molar refractivity (Wildman–Crippen MR) is 92.4 cm³/mol. The average Bonchev–Trinajstić information content (AvgIpc) is 2.48. The highest BCUT2D eigenvalue weighted by atomic mass is 16.6. The number of carbonyl (C=O) groups is 1. The molecule has 0 heterocycles. The Labute approximate surface area is 139 Å². The molecule has 5 heteroatoms. The molecule has 2 N–H and O–H groups in total. The molecule has 0 saturated carbocycles. The first-order valence-corrected chi connectivity index (χ1v) is 8.26. The summed E-state index contributed by atoms with van der Waals surface area (Å²) in [6, 6.07) is 10.2. The zero-order chi connectivity index (χ0) is 17.0. The summed E-state index contributed by atoms with van der Waals surface area (Å²) in [4.78, 5) is 11.4. The summed E-state index contributed by atoms with van der Waals surface area (Å²) in [6.45, 7) is 9.39. The minimum atomic E-state index is -0.442. The summed E-state index contributed by atoms with van der Waals surface area (Å²) in [5, 5.41) is 6.08. The van der Waals surface area contributed by atoms with Crippen LogP contribution < -0.4 is 10.6 Å². The van der Waals surface area contributed by atoms with Gasteiger partial charge in [0, 0.05) is 13.2 Å². The number of nitrogens with one attached hydrogen (secondary N) is 2. The lowest BCUT2D eigenvalue weighted by molar-refractivity contribution is 0.0527. The Morgan fingerprint density at radius 1 is 1.04 bits per heavy atom. The van der Waals surface area contributed by atoms with Crippen LogP contribution in [0.4, 0.5) is 4.79 Å². The van der Waals surface area contributed by atoms with Crippen molar-refractivity contribution in [1.82, 2.24) is 10.6 Å². The lowest BCUT2D eigenvalue weighted by atomic mass is 10.2. The highest BCUT2D eigenvalue weighted by Crippen LogP contribution is 2.06. The second-order valence-electron chi connectivity index (χ2n) is 6.42. The predicted octanol–water partition coefficient (Wildman–Crippen LogP) is 3.10. The fourth-order valence-corrected chi connectivity index (χ4v) is 1.91. The van der Waals surface area contributed by atoms with E-state index in [1.807, 2.05) is 39.0 Å². The highest BCUT2D eigenvalue weighted by Gasteiger charge is 2.15. The lowest BCUT2D eigenvalue weighted by Gasteiger charge is -2.19. The number of hydrogen-bond donors (Lipinski definition) is 2. The number of benzene rings is 1. The summed E-state index contributed by atoms with van der Waals surface area (Å²) < 4.78 is 10.8. The van der Waals surface area contributed by atoms with Crippen LogP contribution >= 0.6 is 0 Å². The molecule has 1 amide bonds. The normalized spacial score (nSPS) is 11.3. The maximum Gasteiger partial charge on any atom is 0.407 e. The molecule has 0 aliphatic carbocycles. The molecule has 0 saturated heterocycles. The van der Waals surface area contributed by atoms with Crippen molar-refractivity contribution in [3.63, 3.8) is 0 Å². The van der Waals surface area contributed by atoms with Crippen molar-refractivity contribution < 1.29 is 14.3 Å². The lowest BCUT2D eigenvalue weighted by Crippen LogP contribution is -2.34. The highest BCUT2D eigenvalue weighted by molar-refractivity contribution is 5.67. The van der Waals surface area contributed by atoms with Crippen LogP contribution in [0.25, 0.3) is 0 Å². The van der Waals surface area contributed by atoms with Crippen molar-refractivity contribution in [3.8, 4) is 0 Å². The van der Waals surface area contributed by atoms with Crippen molar-refractivity contribution >= 4 is 6.09 Å². The van der Waals surface area contributed by atoms with Gasteiger partial charge in [-0.1, -0.05) is 30.3 Å². The van der Waals surface area contributed by atoms with Crippen molar-refractivity contribution in [3.05, 3.63) is 35.9 Å². The van der Waals surface area contributed by atoms with Gasteiger partial charge < -0.3 is 20.1 Å². The van der Waals surface area contributed by atoms with E-state index in [2.05, 4.69) is 22.8 Å². The number of carbonyl (C=O) groups excluding carboxylic acids is 1. The Bertz CT molecular complexity index is 430. The molecular formula is C18H30N2O3. The maximum absolute atomic E-state index is 11.4. The van der Waals surface area contributed by atoms with Gasteiger partial charge in [-0.2, -0.15) is 0 Å². The summed E-state index contributed by atoms with van der Waals surface area (Å²) >= 11 is 0. The largest absolute Gasteiger partial charge is 0.444 e. The molecule has 5 nitrogen and oxygen atoms in total. The van der Waals surface area contributed by atoms with Gasteiger partial charge in [0.1, 0.15) is 5.60 Å². The molecule has 0 aromatic heterocycles. The Kier molecular flexibility index (Phi) is 9.33. The second-order valence-corrected chi connectivity index (χ2v) is 6.42. The summed E-state index contributed by atoms with van der Waals surface area (Å²) in [5.41, 5.74) is 0.760. The van der Waals surface area contributed by atoms with E-state index in [-0.39, 0.29) is 6.09 Å². The van der Waals surface area contributed by atoms with Gasteiger partial charge in [-0.3, -0.25) is 0 Å². The van der Waals surface area contributed by atoms with E-state index in [4.69, 9.17) is 9.47 Å². The van der Waals surface area contributed by atoms with Gasteiger partial charge in [-0.25, -0.2) is 4.79 Å². The molecule has 0 radical (unpaired) electrons. The fraction of sp³-hybridized carbons (Fsp3) is 0.611. The summed E-state index contributed by atoms with van der Waals surface area (Å²) in [5.74, 6) is 0. The SMILES string of the molecule is CC(C)(C)OC(=O)NCCCNCCCOCc1ccccc1. The molecule has 1 aromatic rings. The van der Waals surface area contributed by atoms with Gasteiger partial charge in [0.25, 0.3) is 0 Å². The molecule has 0 bridgehead atoms. The van der Waals surface area contributed by atoms with Gasteiger partial charge >= 0.3 is 6.09 Å². The number of amides is 1. The van der Waals surface area contributed by atoms with Gasteiger partial charge in [-0.15, -0.1) is 0 Å². The van der Waals surface area contributed by atoms with E-state index in [9.17, 15) is 4.79 Å². The maximum atomic E-state index is 11.4. The van der Waals surface area contributed by atoms with Crippen LogP contribution in [-0.4, -0.2) is 37.9 Å². The molecular weight excluding hydrogens is 292 g/mol. The minimum absolute atomic E-state index is 0.355. The summed E-state index contributed by atoms with van der Waals surface area (Å²) in [7, 11) is 0. The van der Waals surface area contributed by atoms with Crippen LogP contribution in [0.15, 0.2) is 30.3 Å². The Hall–Kier alpha value is -1.59.